The van der Waals surface area contributed by atoms with E-state index in [9.17, 15) is 14.4 Å². The number of hydrogen-bond donors (Lipinski definition) is 0. The second-order valence-electron chi connectivity index (χ2n) is 17.7. The fraction of sp³-hybridized carbons (Fsp3) is 0.603. The molecule has 0 heterocycles. The molecule has 0 aliphatic heterocycles. The molecule has 0 saturated heterocycles. The zero-order chi connectivity index (χ0) is 50.0. The van der Waals surface area contributed by atoms with Gasteiger partial charge in [-0.05, 0) is 135 Å². The second-order valence-corrected chi connectivity index (χ2v) is 17.7. The zero-order valence-electron chi connectivity index (χ0n) is 44.3. The summed E-state index contributed by atoms with van der Waals surface area (Å²) in [5.41, 5.74) is 0. The largest absolute Gasteiger partial charge is 0.462 e. The minimum absolute atomic E-state index is 0.112. The summed E-state index contributed by atoms with van der Waals surface area (Å²) in [5.74, 6) is -0.990. The van der Waals surface area contributed by atoms with Gasteiger partial charge in [-0.25, -0.2) is 0 Å². The van der Waals surface area contributed by atoms with Gasteiger partial charge in [0.1, 0.15) is 13.2 Å². The number of hydrogen-bond acceptors (Lipinski definition) is 6. The summed E-state index contributed by atoms with van der Waals surface area (Å²) in [5, 5.41) is 0. The molecular weight excluding hydrogens is 853 g/mol. The first-order valence-corrected chi connectivity index (χ1v) is 27.7. The van der Waals surface area contributed by atoms with Crippen molar-refractivity contribution in [2.75, 3.05) is 13.2 Å². The summed E-state index contributed by atoms with van der Waals surface area (Å²) >= 11 is 0. The second kappa shape index (κ2) is 56.1. The normalized spacial score (nSPS) is 13.1. The summed E-state index contributed by atoms with van der Waals surface area (Å²) in [7, 11) is 0. The third kappa shape index (κ3) is 54.4. The fourth-order valence-electron chi connectivity index (χ4n) is 7.02. The number of unbranched alkanes of at least 4 members (excludes halogenated alkanes) is 15. The standard InChI is InChI=1S/C63H100O6/c1-4-7-10-13-16-19-22-25-28-30-31-33-35-38-41-44-47-50-53-56-62(65)68-59-60(58-67-61(64)55-52-49-46-43-40-37-34-27-24-21-18-15-12-9-6-3)69-63(66)57-54-51-48-45-42-39-36-32-29-26-23-20-17-14-11-8-5-2/h8-9,11-12,16-21,25-29,31,33-34,36,38-39,41,60H,4-7,10,13-15,22-24,30,32,35,37,40,42-59H2,1-3H3/b11-8-,12-9-,19-16-,20-17-,21-18-,28-25-,29-26-,33-31-,34-27-,39-36-,41-38-/t60-/m1/s1. The lowest BCUT2D eigenvalue weighted by atomic mass is 10.1. The van der Waals surface area contributed by atoms with Crippen molar-refractivity contribution in [1.82, 2.24) is 0 Å². The maximum absolute atomic E-state index is 12.8. The van der Waals surface area contributed by atoms with Gasteiger partial charge < -0.3 is 14.2 Å². The van der Waals surface area contributed by atoms with Crippen molar-refractivity contribution in [3.05, 3.63) is 134 Å². The molecule has 0 aliphatic rings. The SMILES string of the molecule is CC/C=C\C/C=C\C/C=C\C/C=C\CCCCCCC(=O)O[C@@H](COC(=O)CCCCC/C=C\C/C=C\C/C=C\C/C=C\CCCCC)COC(=O)CCCCCCC/C=C\C/C=C\C/C=C\CC. The third-order valence-electron chi connectivity index (χ3n) is 11.1. The number of rotatable bonds is 48. The molecule has 6 nitrogen and oxygen atoms in total. The Hall–Kier alpha value is -4.45. The van der Waals surface area contributed by atoms with Crippen LogP contribution in [0.15, 0.2) is 134 Å². The van der Waals surface area contributed by atoms with Crippen molar-refractivity contribution >= 4 is 17.9 Å². The molecule has 69 heavy (non-hydrogen) atoms. The molecule has 0 fully saturated rings. The molecule has 0 aliphatic carbocycles. The maximum atomic E-state index is 12.8. The molecule has 0 radical (unpaired) electrons. The first-order valence-electron chi connectivity index (χ1n) is 27.7. The van der Waals surface area contributed by atoms with Crippen LogP contribution in [0.25, 0.3) is 0 Å². The molecule has 0 aromatic rings. The average molecular weight is 953 g/mol. The van der Waals surface area contributed by atoms with Crippen LogP contribution in [0, 0.1) is 0 Å². The Bertz CT molecular complexity index is 1510. The van der Waals surface area contributed by atoms with Gasteiger partial charge in [-0.1, -0.05) is 206 Å². The Kier molecular flexibility index (Phi) is 52.5. The van der Waals surface area contributed by atoms with Crippen molar-refractivity contribution in [1.29, 1.82) is 0 Å². The van der Waals surface area contributed by atoms with E-state index in [1.165, 1.54) is 25.7 Å². The zero-order valence-corrected chi connectivity index (χ0v) is 44.3. The Morgan fingerprint density at radius 2 is 0.565 bits per heavy atom. The van der Waals surface area contributed by atoms with Gasteiger partial charge >= 0.3 is 17.9 Å². The van der Waals surface area contributed by atoms with Crippen LogP contribution in [-0.4, -0.2) is 37.2 Å². The number of carbonyl (C=O) groups excluding carboxylic acids is 3. The van der Waals surface area contributed by atoms with Gasteiger partial charge in [-0.15, -0.1) is 0 Å². The van der Waals surface area contributed by atoms with E-state index < -0.39 is 6.10 Å². The molecule has 0 spiro atoms. The van der Waals surface area contributed by atoms with Crippen LogP contribution >= 0.6 is 0 Å². The molecule has 0 saturated carbocycles. The van der Waals surface area contributed by atoms with E-state index in [-0.39, 0.29) is 37.5 Å². The molecule has 1 atom stereocenters. The highest BCUT2D eigenvalue weighted by Gasteiger charge is 2.19. The van der Waals surface area contributed by atoms with Crippen molar-refractivity contribution in [3.63, 3.8) is 0 Å². The molecule has 388 valence electrons. The molecule has 0 unspecified atom stereocenters. The maximum Gasteiger partial charge on any atom is 0.306 e. The van der Waals surface area contributed by atoms with E-state index in [1.54, 1.807) is 0 Å². The van der Waals surface area contributed by atoms with Gasteiger partial charge in [0.2, 0.25) is 0 Å². The number of allylic oxidation sites excluding steroid dienone is 22. The van der Waals surface area contributed by atoms with Gasteiger partial charge in [0.05, 0.1) is 0 Å². The van der Waals surface area contributed by atoms with E-state index in [0.717, 1.165) is 161 Å². The molecule has 0 bridgehead atoms. The predicted molar refractivity (Wildman–Crippen MR) is 297 cm³/mol. The lowest BCUT2D eigenvalue weighted by molar-refractivity contribution is -0.167. The van der Waals surface area contributed by atoms with Gasteiger partial charge in [0, 0.05) is 19.3 Å². The van der Waals surface area contributed by atoms with Gasteiger partial charge in [0.15, 0.2) is 6.10 Å². The monoisotopic (exact) mass is 953 g/mol. The molecule has 0 rings (SSSR count). The topological polar surface area (TPSA) is 78.9 Å². The van der Waals surface area contributed by atoms with Crippen LogP contribution in [0.4, 0.5) is 0 Å². The van der Waals surface area contributed by atoms with E-state index in [4.69, 9.17) is 14.2 Å². The highest BCUT2D eigenvalue weighted by Crippen LogP contribution is 2.12. The lowest BCUT2D eigenvalue weighted by Gasteiger charge is -2.18. The quantitative estimate of drug-likeness (QED) is 0.0262. The van der Waals surface area contributed by atoms with Crippen LogP contribution < -0.4 is 0 Å². The predicted octanol–water partition coefficient (Wildman–Crippen LogP) is 18.6. The first kappa shape index (κ1) is 64.5. The Labute approximate surface area is 424 Å². The van der Waals surface area contributed by atoms with Crippen molar-refractivity contribution in [3.8, 4) is 0 Å². The highest BCUT2D eigenvalue weighted by atomic mass is 16.6. The van der Waals surface area contributed by atoms with Crippen LogP contribution in [0.3, 0.4) is 0 Å². The van der Waals surface area contributed by atoms with Crippen LogP contribution in [0.1, 0.15) is 226 Å². The number of ether oxygens (including phenoxy) is 3. The van der Waals surface area contributed by atoms with Crippen molar-refractivity contribution in [2.24, 2.45) is 0 Å². The molecule has 0 aromatic heterocycles. The van der Waals surface area contributed by atoms with Crippen molar-refractivity contribution in [2.45, 2.75) is 232 Å². The summed E-state index contributed by atoms with van der Waals surface area (Å²) in [6.45, 7) is 6.31. The van der Waals surface area contributed by atoms with E-state index in [1.807, 2.05) is 0 Å². The van der Waals surface area contributed by atoms with Crippen LogP contribution in [-0.2, 0) is 28.6 Å². The minimum atomic E-state index is -0.817. The summed E-state index contributed by atoms with van der Waals surface area (Å²) in [4.78, 5) is 38.1. The number of esters is 3. The van der Waals surface area contributed by atoms with Gasteiger partial charge in [-0.2, -0.15) is 0 Å². The van der Waals surface area contributed by atoms with Crippen molar-refractivity contribution < 1.29 is 28.6 Å². The molecule has 0 N–H and O–H groups in total. The van der Waals surface area contributed by atoms with E-state index in [2.05, 4.69) is 154 Å². The van der Waals surface area contributed by atoms with Gasteiger partial charge in [0.25, 0.3) is 0 Å². The Morgan fingerprint density at radius 3 is 0.899 bits per heavy atom. The summed E-state index contributed by atoms with van der Waals surface area (Å²) in [6.07, 6.45) is 78.6. The molecule has 6 heteroatoms. The van der Waals surface area contributed by atoms with E-state index in [0.29, 0.717) is 12.8 Å². The molecule has 0 aromatic carbocycles. The van der Waals surface area contributed by atoms with Gasteiger partial charge in [-0.3, -0.25) is 14.4 Å². The summed E-state index contributed by atoms with van der Waals surface area (Å²) < 4.78 is 16.8. The lowest BCUT2D eigenvalue weighted by Crippen LogP contribution is -2.30. The highest BCUT2D eigenvalue weighted by molar-refractivity contribution is 5.71. The fourth-order valence-corrected chi connectivity index (χ4v) is 7.02. The average Bonchev–Trinajstić information content (AvgIpc) is 3.35. The Balaban J connectivity index is 4.54. The Morgan fingerprint density at radius 1 is 0.304 bits per heavy atom. The van der Waals surface area contributed by atoms with Crippen LogP contribution in [0.2, 0.25) is 0 Å². The minimum Gasteiger partial charge on any atom is -0.462 e. The smallest absolute Gasteiger partial charge is 0.306 e. The molecule has 0 amide bonds. The third-order valence-corrected chi connectivity index (χ3v) is 11.1. The molecular formula is C63H100O6. The van der Waals surface area contributed by atoms with E-state index >= 15 is 0 Å². The first-order chi connectivity index (χ1) is 34.0. The number of carbonyl (C=O) groups is 3. The summed E-state index contributed by atoms with van der Waals surface area (Å²) in [6, 6.07) is 0. The van der Waals surface area contributed by atoms with Crippen LogP contribution in [0.5, 0.6) is 0 Å².